The highest BCUT2D eigenvalue weighted by Crippen LogP contribution is 2.46. The van der Waals surface area contributed by atoms with Crippen LogP contribution < -0.4 is 4.74 Å². The van der Waals surface area contributed by atoms with E-state index in [9.17, 15) is 13.5 Å². The van der Waals surface area contributed by atoms with Gasteiger partial charge in [-0.15, -0.1) is 0 Å². The number of halogens is 1. The van der Waals surface area contributed by atoms with Crippen LogP contribution in [-0.2, 0) is 10.0 Å². The number of sulfonamides is 1. The van der Waals surface area contributed by atoms with Gasteiger partial charge in [0.1, 0.15) is 5.75 Å². The molecule has 7 heteroatoms. The van der Waals surface area contributed by atoms with Gasteiger partial charge in [-0.2, -0.15) is 4.31 Å². The van der Waals surface area contributed by atoms with Gasteiger partial charge in [0.2, 0.25) is 10.0 Å². The lowest BCUT2D eigenvalue weighted by Crippen LogP contribution is -2.49. The second-order valence-corrected chi connectivity index (χ2v) is 8.85. The molecule has 0 aromatic heterocycles. The molecule has 1 spiro atoms. The Labute approximate surface area is 142 Å². The SMILES string of the molecule is COc1ccc(S(=O)(=O)N2CCC[C@]3(CCC[C@H]3O)C2)cc1Cl. The van der Waals surface area contributed by atoms with Gasteiger partial charge in [0.25, 0.3) is 0 Å². The quantitative estimate of drug-likeness (QED) is 0.901. The van der Waals surface area contributed by atoms with E-state index >= 15 is 0 Å². The van der Waals surface area contributed by atoms with Crippen molar-refractivity contribution in [3.8, 4) is 5.75 Å². The second kappa shape index (κ2) is 6.24. The molecule has 0 amide bonds. The summed E-state index contributed by atoms with van der Waals surface area (Å²) in [7, 11) is -2.12. The van der Waals surface area contributed by atoms with Crippen molar-refractivity contribution in [2.24, 2.45) is 5.41 Å². The summed E-state index contributed by atoms with van der Waals surface area (Å²) in [4.78, 5) is 0.174. The number of nitrogens with zero attached hydrogens (tertiary/aromatic N) is 1. The topological polar surface area (TPSA) is 66.8 Å². The molecule has 1 aliphatic carbocycles. The molecule has 1 saturated heterocycles. The lowest BCUT2D eigenvalue weighted by molar-refractivity contribution is 0.0127. The van der Waals surface area contributed by atoms with Crippen LogP contribution in [0.15, 0.2) is 23.1 Å². The van der Waals surface area contributed by atoms with Gasteiger partial charge in [-0.1, -0.05) is 18.0 Å². The van der Waals surface area contributed by atoms with Crippen molar-refractivity contribution < 1.29 is 18.3 Å². The van der Waals surface area contributed by atoms with E-state index in [1.807, 2.05) is 0 Å². The predicted octanol–water partition coefficient (Wildman–Crippen LogP) is 2.66. The highest BCUT2D eigenvalue weighted by molar-refractivity contribution is 7.89. The van der Waals surface area contributed by atoms with E-state index in [0.29, 0.717) is 18.8 Å². The van der Waals surface area contributed by atoms with Crippen LogP contribution in [0.1, 0.15) is 32.1 Å². The highest BCUT2D eigenvalue weighted by Gasteiger charge is 2.47. The average Bonchev–Trinajstić information content (AvgIpc) is 2.87. The zero-order valence-electron chi connectivity index (χ0n) is 13.2. The van der Waals surface area contributed by atoms with Gasteiger partial charge in [0.15, 0.2) is 0 Å². The number of aliphatic hydroxyl groups excluding tert-OH is 1. The summed E-state index contributed by atoms with van der Waals surface area (Å²) < 4.78 is 32.4. The van der Waals surface area contributed by atoms with Crippen molar-refractivity contribution in [1.82, 2.24) is 4.31 Å². The molecular weight excluding hydrogens is 338 g/mol. The van der Waals surface area contributed by atoms with Gasteiger partial charge >= 0.3 is 0 Å². The molecule has 2 aliphatic rings. The van der Waals surface area contributed by atoms with E-state index in [2.05, 4.69) is 0 Å². The fraction of sp³-hybridized carbons (Fsp3) is 0.625. The first-order valence-electron chi connectivity index (χ1n) is 7.91. The summed E-state index contributed by atoms with van der Waals surface area (Å²) in [6, 6.07) is 4.52. The zero-order chi connectivity index (χ0) is 16.7. The Balaban J connectivity index is 1.89. The fourth-order valence-electron chi connectivity index (χ4n) is 3.87. The molecule has 23 heavy (non-hydrogen) atoms. The minimum absolute atomic E-state index is 0.174. The predicted molar refractivity (Wildman–Crippen MR) is 88.3 cm³/mol. The fourth-order valence-corrected chi connectivity index (χ4v) is 5.80. The second-order valence-electron chi connectivity index (χ2n) is 6.51. The molecule has 5 nitrogen and oxygen atoms in total. The maximum Gasteiger partial charge on any atom is 0.243 e. The van der Waals surface area contributed by atoms with Crippen molar-refractivity contribution in [2.45, 2.75) is 43.1 Å². The first-order chi connectivity index (χ1) is 10.9. The van der Waals surface area contributed by atoms with E-state index in [0.717, 1.165) is 32.1 Å². The van der Waals surface area contributed by atoms with Crippen molar-refractivity contribution >= 4 is 21.6 Å². The molecule has 128 valence electrons. The summed E-state index contributed by atoms with van der Waals surface area (Å²) in [6.45, 7) is 0.876. The van der Waals surface area contributed by atoms with Crippen LogP contribution >= 0.6 is 11.6 Å². The average molecular weight is 360 g/mol. The van der Waals surface area contributed by atoms with Crippen LogP contribution in [-0.4, -0.2) is 44.1 Å². The number of hydrogen-bond donors (Lipinski definition) is 1. The molecule has 2 atom stereocenters. The molecule has 3 rings (SSSR count). The van der Waals surface area contributed by atoms with Crippen molar-refractivity contribution in [2.75, 3.05) is 20.2 Å². The van der Waals surface area contributed by atoms with E-state index in [4.69, 9.17) is 16.3 Å². The molecule has 1 aromatic carbocycles. The maximum atomic E-state index is 12.9. The number of methoxy groups -OCH3 is 1. The number of ether oxygens (including phenoxy) is 1. The molecule has 0 unspecified atom stereocenters. The Hall–Kier alpha value is -0.820. The zero-order valence-corrected chi connectivity index (χ0v) is 14.7. The lowest BCUT2D eigenvalue weighted by atomic mass is 9.77. The molecule has 0 radical (unpaired) electrons. The number of hydrogen-bond acceptors (Lipinski definition) is 4. The molecule has 1 heterocycles. The molecule has 2 fully saturated rings. The normalized spacial score (nSPS) is 29.1. The van der Waals surface area contributed by atoms with Crippen molar-refractivity contribution in [3.63, 3.8) is 0 Å². The molecule has 0 bridgehead atoms. The number of piperidine rings is 1. The third-order valence-corrected chi connectivity index (χ3v) is 7.33. The minimum Gasteiger partial charge on any atom is -0.495 e. The third-order valence-electron chi connectivity index (χ3n) is 5.19. The first-order valence-corrected chi connectivity index (χ1v) is 9.73. The number of benzene rings is 1. The van der Waals surface area contributed by atoms with Crippen molar-refractivity contribution in [3.05, 3.63) is 23.2 Å². The van der Waals surface area contributed by atoms with Crippen LogP contribution in [0, 0.1) is 5.41 Å². The van der Waals surface area contributed by atoms with E-state index in [-0.39, 0.29) is 15.3 Å². The summed E-state index contributed by atoms with van der Waals surface area (Å²) in [5.41, 5.74) is -0.276. The van der Waals surface area contributed by atoms with Crippen LogP contribution in [0.4, 0.5) is 0 Å². The summed E-state index contributed by atoms with van der Waals surface area (Å²) in [5, 5.41) is 10.6. The smallest absolute Gasteiger partial charge is 0.243 e. The van der Waals surface area contributed by atoms with Gasteiger partial charge in [-0.05, 0) is 43.9 Å². The van der Waals surface area contributed by atoms with Gasteiger partial charge < -0.3 is 9.84 Å². The van der Waals surface area contributed by atoms with Gasteiger partial charge in [0, 0.05) is 18.5 Å². The maximum absolute atomic E-state index is 12.9. The summed E-state index contributed by atoms with van der Waals surface area (Å²) >= 11 is 6.07. The van der Waals surface area contributed by atoms with Crippen LogP contribution in [0.2, 0.25) is 5.02 Å². The molecular formula is C16H22ClNO4S. The number of rotatable bonds is 3. The Morgan fingerprint density at radius 3 is 2.70 bits per heavy atom. The van der Waals surface area contributed by atoms with Gasteiger partial charge in [-0.3, -0.25) is 0 Å². The summed E-state index contributed by atoms with van der Waals surface area (Å²) in [6.07, 6.45) is 3.89. The lowest BCUT2D eigenvalue weighted by Gasteiger charge is -2.41. The molecule has 1 aromatic rings. The van der Waals surface area contributed by atoms with E-state index in [1.54, 1.807) is 6.07 Å². The van der Waals surface area contributed by atoms with Gasteiger partial charge in [0.05, 0.1) is 23.1 Å². The highest BCUT2D eigenvalue weighted by atomic mass is 35.5. The van der Waals surface area contributed by atoms with Gasteiger partial charge in [-0.25, -0.2) is 8.42 Å². The molecule has 1 saturated carbocycles. The first kappa shape index (κ1) is 17.0. The minimum atomic E-state index is -3.61. The monoisotopic (exact) mass is 359 g/mol. The Morgan fingerprint density at radius 2 is 2.09 bits per heavy atom. The van der Waals surface area contributed by atoms with E-state index < -0.39 is 16.1 Å². The van der Waals surface area contributed by atoms with Crippen molar-refractivity contribution in [1.29, 1.82) is 0 Å². The molecule has 1 N–H and O–H groups in total. The largest absolute Gasteiger partial charge is 0.495 e. The Kier molecular flexibility index (Phi) is 4.62. The standard InChI is InChI=1S/C16H22ClNO4S/c1-22-14-6-5-12(10-13(14)17)23(20,21)18-9-3-8-16(11-18)7-2-4-15(16)19/h5-6,10,15,19H,2-4,7-9,11H2,1H3/t15-,16-/m1/s1. The van der Waals surface area contributed by atoms with Crippen LogP contribution in [0.25, 0.3) is 0 Å². The van der Waals surface area contributed by atoms with E-state index in [1.165, 1.54) is 23.5 Å². The summed E-state index contributed by atoms with van der Waals surface area (Å²) in [5.74, 6) is 0.451. The number of aliphatic hydroxyl groups is 1. The molecule has 1 aliphatic heterocycles. The Bertz CT molecular complexity index is 693. The Morgan fingerprint density at radius 1 is 1.35 bits per heavy atom. The third kappa shape index (κ3) is 2.97. The van der Waals surface area contributed by atoms with Crippen LogP contribution in [0.5, 0.6) is 5.75 Å². The van der Waals surface area contributed by atoms with Crippen LogP contribution in [0.3, 0.4) is 0 Å².